The third-order valence-corrected chi connectivity index (χ3v) is 3.72. The molecule has 0 bridgehead atoms. The van der Waals surface area contributed by atoms with Crippen molar-refractivity contribution >= 4 is 22.6 Å². The van der Waals surface area contributed by atoms with E-state index >= 15 is 0 Å². The number of nitrogens with zero attached hydrogens (tertiary/aromatic N) is 3. The van der Waals surface area contributed by atoms with Gasteiger partial charge in [0.2, 0.25) is 5.13 Å². The second kappa shape index (κ2) is 7.15. The summed E-state index contributed by atoms with van der Waals surface area (Å²) in [7, 11) is 0. The summed E-state index contributed by atoms with van der Waals surface area (Å²) in [6, 6.07) is 10.9. The standard InChI is InChI=1S/C17H14N4O3S/c1-10(2)24-16-20-17(25-21-16)19-15(22)13-7-14(23-9-13)12-5-3-4-11(6-12)8-18/h3-7,9-10H,1-2H3,(H,19,20,21,22). The van der Waals surface area contributed by atoms with E-state index in [0.717, 1.165) is 17.1 Å². The summed E-state index contributed by atoms with van der Waals surface area (Å²) in [6.07, 6.45) is 1.31. The first-order valence-electron chi connectivity index (χ1n) is 7.46. The van der Waals surface area contributed by atoms with E-state index in [9.17, 15) is 4.79 Å². The minimum atomic E-state index is -0.362. The second-order valence-corrected chi connectivity index (χ2v) is 6.15. The van der Waals surface area contributed by atoms with Crippen LogP contribution in [-0.4, -0.2) is 21.4 Å². The fourth-order valence-electron chi connectivity index (χ4n) is 2.04. The molecule has 2 aromatic heterocycles. The minimum Gasteiger partial charge on any atom is -0.464 e. The van der Waals surface area contributed by atoms with Gasteiger partial charge >= 0.3 is 6.01 Å². The van der Waals surface area contributed by atoms with Gasteiger partial charge in [-0.1, -0.05) is 12.1 Å². The first kappa shape index (κ1) is 16.7. The molecule has 1 N–H and O–H groups in total. The summed E-state index contributed by atoms with van der Waals surface area (Å²) in [5.74, 6) is 0.141. The lowest BCUT2D eigenvalue weighted by atomic mass is 10.1. The van der Waals surface area contributed by atoms with Crippen LogP contribution in [0.15, 0.2) is 41.0 Å². The quantitative estimate of drug-likeness (QED) is 0.749. The fraction of sp³-hybridized carbons (Fsp3) is 0.176. The molecule has 0 saturated heterocycles. The zero-order valence-corrected chi connectivity index (χ0v) is 14.3. The average molecular weight is 354 g/mol. The van der Waals surface area contributed by atoms with Crippen molar-refractivity contribution < 1.29 is 13.9 Å². The van der Waals surface area contributed by atoms with Crippen LogP contribution >= 0.6 is 11.5 Å². The lowest BCUT2D eigenvalue weighted by molar-refractivity contribution is 0.102. The maximum Gasteiger partial charge on any atom is 0.330 e. The van der Waals surface area contributed by atoms with E-state index in [1.807, 2.05) is 19.9 Å². The summed E-state index contributed by atoms with van der Waals surface area (Å²) in [5, 5.41) is 12.0. The van der Waals surface area contributed by atoms with E-state index in [1.165, 1.54) is 6.26 Å². The summed E-state index contributed by atoms with van der Waals surface area (Å²) >= 11 is 1.04. The molecule has 0 aliphatic carbocycles. The van der Waals surface area contributed by atoms with Gasteiger partial charge in [0.15, 0.2) is 0 Å². The molecule has 0 aliphatic heterocycles. The molecule has 3 rings (SSSR count). The zero-order chi connectivity index (χ0) is 17.8. The summed E-state index contributed by atoms with van der Waals surface area (Å²) in [6.45, 7) is 3.74. The molecule has 3 aromatic rings. The Hall–Kier alpha value is -3.18. The number of furan rings is 1. The molecular weight excluding hydrogens is 340 g/mol. The van der Waals surface area contributed by atoms with Crippen LogP contribution in [0.5, 0.6) is 6.01 Å². The molecule has 0 radical (unpaired) electrons. The van der Waals surface area contributed by atoms with Gasteiger partial charge in [0, 0.05) is 17.1 Å². The molecule has 25 heavy (non-hydrogen) atoms. The van der Waals surface area contributed by atoms with Gasteiger partial charge in [0.1, 0.15) is 12.0 Å². The number of anilines is 1. The van der Waals surface area contributed by atoms with E-state index in [0.29, 0.717) is 22.0 Å². The van der Waals surface area contributed by atoms with Crippen molar-refractivity contribution in [3.8, 4) is 23.4 Å². The molecule has 0 atom stereocenters. The Labute approximate surface area is 148 Å². The molecule has 0 aliphatic rings. The van der Waals surface area contributed by atoms with Crippen LogP contribution in [0.4, 0.5) is 5.13 Å². The van der Waals surface area contributed by atoms with Gasteiger partial charge in [-0.15, -0.1) is 4.37 Å². The van der Waals surface area contributed by atoms with Gasteiger partial charge in [-0.2, -0.15) is 10.2 Å². The first-order chi connectivity index (χ1) is 12.0. The Balaban J connectivity index is 1.72. The first-order valence-corrected chi connectivity index (χ1v) is 8.23. The average Bonchev–Trinajstić information content (AvgIpc) is 3.24. The van der Waals surface area contributed by atoms with Crippen LogP contribution < -0.4 is 10.1 Å². The number of hydrogen-bond acceptors (Lipinski definition) is 7. The lowest BCUT2D eigenvalue weighted by Crippen LogP contribution is -2.11. The van der Waals surface area contributed by atoms with E-state index in [-0.39, 0.29) is 18.0 Å². The van der Waals surface area contributed by atoms with Crippen LogP contribution in [0.25, 0.3) is 11.3 Å². The van der Waals surface area contributed by atoms with Crippen LogP contribution in [0.3, 0.4) is 0 Å². The third-order valence-electron chi connectivity index (χ3n) is 3.11. The van der Waals surface area contributed by atoms with Gasteiger partial charge < -0.3 is 9.15 Å². The highest BCUT2D eigenvalue weighted by atomic mass is 32.1. The van der Waals surface area contributed by atoms with Gasteiger partial charge in [0.05, 0.1) is 23.3 Å². The summed E-state index contributed by atoms with van der Waals surface area (Å²) < 4.78 is 14.8. The van der Waals surface area contributed by atoms with Crippen molar-refractivity contribution in [2.24, 2.45) is 0 Å². The molecule has 0 unspecified atom stereocenters. The number of amides is 1. The zero-order valence-electron chi connectivity index (χ0n) is 13.5. The maximum absolute atomic E-state index is 12.3. The number of nitriles is 1. The normalized spacial score (nSPS) is 10.5. The van der Waals surface area contributed by atoms with E-state index in [2.05, 4.69) is 20.7 Å². The Morgan fingerprint density at radius 3 is 3.00 bits per heavy atom. The fourth-order valence-corrected chi connectivity index (χ4v) is 2.54. The molecular formula is C17H14N4O3S. The van der Waals surface area contributed by atoms with Crippen molar-refractivity contribution in [1.29, 1.82) is 5.26 Å². The molecule has 0 spiro atoms. The number of rotatable bonds is 5. The number of hydrogen-bond donors (Lipinski definition) is 1. The van der Waals surface area contributed by atoms with Gasteiger partial charge in [-0.3, -0.25) is 10.1 Å². The molecule has 7 nitrogen and oxygen atoms in total. The predicted octanol–water partition coefficient (Wildman–Crippen LogP) is 3.71. The predicted molar refractivity (Wildman–Crippen MR) is 92.5 cm³/mol. The minimum absolute atomic E-state index is 0.0428. The molecule has 0 saturated carbocycles. The van der Waals surface area contributed by atoms with Gasteiger partial charge in [-0.05, 0) is 32.0 Å². The van der Waals surface area contributed by atoms with Crippen molar-refractivity contribution in [3.63, 3.8) is 0 Å². The molecule has 8 heteroatoms. The lowest BCUT2D eigenvalue weighted by Gasteiger charge is -2.02. The SMILES string of the molecule is CC(C)Oc1nsc(NC(=O)c2coc(-c3cccc(C#N)c3)c2)n1. The highest BCUT2D eigenvalue weighted by Crippen LogP contribution is 2.24. The van der Waals surface area contributed by atoms with Crippen LogP contribution in [0.2, 0.25) is 0 Å². The van der Waals surface area contributed by atoms with Gasteiger partial charge in [0.25, 0.3) is 5.91 Å². The smallest absolute Gasteiger partial charge is 0.330 e. The van der Waals surface area contributed by atoms with E-state index < -0.39 is 0 Å². The maximum atomic E-state index is 12.3. The molecule has 0 fully saturated rings. The Kier molecular flexibility index (Phi) is 4.77. The number of carbonyl (C=O) groups is 1. The Morgan fingerprint density at radius 2 is 2.24 bits per heavy atom. The van der Waals surface area contributed by atoms with Crippen molar-refractivity contribution in [1.82, 2.24) is 9.36 Å². The highest BCUT2D eigenvalue weighted by Gasteiger charge is 2.15. The number of carbonyl (C=O) groups excluding carboxylic acids is 1. The van der Waals surface area contributed by atoms with Gasteiger partial charge in [-0.25, -0.2) is 0 Å². The molecule has 2 heterocycles. The second-order valence-electron chi connectivity index (χ2n) is 5.40. The number of aromatic nitrogens is 2. The van der Waals surface area contributed by atoms with Crippen molar-refractivity contribution in [2.45, 2.75) is 20.0 Å². The van der Waals surface area contributed by atoms with Crippen molar-refractivity contribution in [3.05, 3.63) is 47.7 Å². The number of ether oxygens (including phenoxy) is 1. The largest absolute Gasteiger partial charge is 0.464 e. The number of nitrogens with one attached hydrogen (secondary N) is 1. The van der Waals surface area contributed by atoms with E-state index in [4.69, 9.17) is 14.4 Å². The molecule has 126 valence electrons. The molecule has 1 amide bonds. The van der Waals surface area contributed by atoms with Crippen LogP contribution in [-0.2, 0) is 0 Å². The van der Waals surface area contributed by atoms with E-state index in [1.54, 1.807) is 24.3 Å². The third kappa shape index (κ3) is 4.02. The highest BCUT2D eigenvalue weighted by molar-refractivity contribution is 7.10. The topological polar surface area (TPSA) is 101 Å². The monoisotopic (exact) mass is 354 g/mol. The molecule has 1 aromatic carbocycles. The summed E-state index contributed by atoms with van der Waals surface area (Å²) in [4.78, 5) is 16.4. The summed E-state index contributed by atoms with van der Waals surface area (Å²) in [5.41, 5.74) is 1.59. The Morgan fingerprint density at radius 1 is 1.40 bits per heavy atom. The van der Waals surface area contributed by atoms with Crippen LogP contribution in [0.1, 0.15) is 29.8 Å². The van der Waals surface area contributed by atoms with Crippen molar-refractivity contribution in [2.75, 3.05) is 5.32 Å². The van der Waals surface area contributed by atoms with Crippen LogP contribution in [0, 0.1) is 11.3 Å². The Bertz CT molecular complexity index is 939. The number of benzene rings is 1.